The van der Waals surface area contributed by atoms with Crippen molar-refractivity contribution in [1.29, 1.82) is 0 Å². The lowest BCUT2D eigenvalue weighted by atomic mass is 10.2. The number of ether oxygens (including phenoxy) is 1. The highest BCUT2D eigenvalue weighted by Gasteiger charge is 2.32. The molecule has 116 valence electrons. The van der Waals surface area contributed by atoms with Crippen molar-refractivity contribution in [2.75, 3.05) is 32.0 Å². The van der Waals surface area contributed by atoms with Gasteiger partial charge in [-0.05, 0) is 31.5 Å². The van der Waals surface area contributed by atoms with Gasteiger partial charge >= 0.3 is 0 Å². The third-order valence-electron chi connectivity index (χ3n) is 4.03. The molecule has 0 aliphatic carbocycles. The van der Waals surface area contributed by atoms with Gasteiger partial charge in [-0.25, -0.2) is 18.1 Å². The summed E-state index contributed by atoms with van der Waals surface area (Å²) in [6.07, 6.45) is 3.53. The topological polar surface area (TPSA) is 97.5 Å². The molecule has 7 nitrogen and oxygen atoms in total. The van der Waals surface area contributed by atoms with Gasteiger partial charge in [-0.2, -0.15) is 0 Å². The van der Waals surface area contributed by atoms with Crippen LogP contribution in [0.4, 0.5) is 5.82 Å². The van der Waals surface area contributed by atoms with Crippen LogP contribution in [0.15, 0.2) is 23.2 Å². The van der Waals surface area contributed by atoms with E-state index < -0.39 is 10.0 Å². The first kappa shape index (κ1) is 14.7. The summed E-state index contributed by atoms with van der Waals surface area (Å²) >= 11 is 0. The molecule has 2 aliphatic rings. The molecule has 0 radical (unpaired) electrons. The number of pyridine rings is 1. The molecule has 2 saturated heterocycles. The highest BCUT2D eigenvalue weighted by molar-refractivity contribution is 7.89. The minimum Gasteiger partial charge on any atom is -0.384 e. The zero-order valence-electron chi connectivity index (χ0n) is 11.7. The molecule has 3 heterocycles. The number of morpholine rings is 1. The van der Waals surface area contributed by atoms with E-state index in [1.807, 2.05) is 0 Å². The Morgan fingerprint density at radius 1 is 1.48 bits per heavy atom. The molecular weight excluding hydrogens is 292 g/mol. The number of nitrogen functional groups attached to an aromatic ring is 1. The van der Waals surface area contributed by atoms with Gasteiger partial charge in [0.05, 0.1) is 12.7 Å². The van der Waals surface area contributed by atoms with Crippen molar-refractivity contribution in [3.8, 4) is 0 Å². The molecule has 2 unspecified atom stereocenters. The summed E-state index contributed by atoms with van der Waals surface area (Å²) in [5, 5.41) is 0. The van der Waals surface area contributed by atoms with E-state index >= 15 is 0 Å². The predicted molar refractivity (Wildman–Crippen MR) is 78.2 cm³/mol. The minimum absolute atomic E-state index is 0.101. The average Bonchev–Trinajstić information content (AvgIpc) is 2.93. The molecule has 0 spiro atoms. The number of hydrogen-bond donors (Lipinski definition) is 2. The highest BCUT2D eigenvalue weighted by Crippen LogP contribution is 2.22. The van der Waals surface area contributed by atoms with E-state index in [9.17, 15) is 8.42 Å². The Morgan fingerprint density at radius 3 is 3.10 bits per heavy atom. The maximum Gasteiger partial charge on any atom is 0.242 e. The quantitative estimate of drug-likeness (QED) is 0.799. The van der Waals surface area contributed by atoms with Gasteiger partial charge in [-0.15, -0.1) is 0 Å². The number of nitrogens with one attached hydrogen (secondary N) is 1. The number of hydrogen-bond acceptors (Lipinski definition) is 6. The van der Waals surface area contributed by atoms with E-state index in [1.54, 1.807) is 0 Å². The summed E-state index contributed by atoms with van der Waals surface area (Å²) in [6.45, 7) is 2.83. The minimum atomic E-state index is -3.57. The molecular formula is C13H20N4O3S. The van der Waals surface area contributed by atoms with Crippen molar-refractivity contribution in [3.63, 3.8) is 0 Å². The molecule has 21 heavy (non-hydrogen) atoms. The Labute approximate surface area is 124 Å². The summed E-state index contributed by atoms with van der Waals surface area (Å²) in [5.41, 5.74) is 5.46. The van der Waals surface area contributed by atoms with E-state index in [2.05, 4.69) is 14.6 Å². The Bertz CT molecular complexity index is 590. The summed E-state index contributed by atoms with van der Waals surface area (Å²) in [6, 6.07) is 3.43. The van der Waals surface area contributed by atoms with Crippen LogP contribution in [0.5, 0.6) is 0 Å². The van der Waals surface area contributed by atoms with Gasteiger partial charge in [0.15, 0.2) is 0 Å². The molecule has 3 N–H and O–H groups in total. The van der Waals surface area contributed by atoms with E-state index in [0.717, 1.165) is 13.1 Å². The van der Waals surface area contributed by atoms with Crippen LogP contribution >= 0.6 is 0 Å². The van der Waals surface area contributed by atoms with Crippen molar-refractivity contribution in [2.24, 2.45) is 0 Å². The fourth-order valence-electron chi connectivity index (χ4n) is 2.85. The lowest BCUT2D eigenvalue weighted by molar-refractivity contribution is -0.0449. The van der Waals surface area contributed by atoms with Gasteiger partial charge < -0.3 is 10.5 Å². The maximum absolute atomic E-state index is 12.2. The Balaban J connectivity index is 1.58. The van der Waals surface area contributed by atoms with Crippen LogP contribution in [0.25, 0.3) is 0 Å². The molecule has 8 heteroatoms. The van der Waals surface area contributed by atoms with Gasteiger partial charge in [0.2, 0.25) is 10.0 Å². The third-order valence-corrected chi connectivity index (χ3v) is 5.44. The summed E-state index contributed by atoms with van der Waals surface area (Å²) in [4.78, 5) is 6.30. The molecule has 0 amide bonds. The standard InChI is InChI=1S/C13H20N4O3S/c14-13-4-3-12(7-15-13)21(18,19)16-6-11-8-17-5-1-2-10(17)9-20-11/h3-4,7,10-11,16H,1-2,5-6,8-9H2,(H2,14,15). The number of anilines is 1. The van der Waals surface area contributed by atoms with Gasteiger partial charge in [0.1, 0.15) is 10.7 Å². The lowest BCUT2D eigenvalue weighted by Crippen LogP contribution is -2.50. The van der Waals surface area contributed by atoms with Crippen molar-refractivity contribution in [1.82, 2.24) is 14.6 Å². The van der Waals surface area contributed by atoms with Crippen LogP contribution in [0.3, 0.4) is 0 Å². The molecule has 1 aromatic rings. The molecule has 0 bridgehead atoms. The van der Waals surface area contributed by atoms with Gasteiger partial charge in [-0.1, -0.05) is 0 Å². The van der Waals surface area contributed by atoms with E-state index in [1.165, 1.54) is 31.2 Å². The van der Waals surface area contributed by atoms with E-state index in [0.29, 0.717) is 18.5 Å². The summed E-state index contributed by atoms with van der Waals surface area (Å²) in [7, 11) is -3.57. The van der Waals surface area contributed by atoms with Gasteiger partial charge in [-0.3, -0.25) is 4.90 Å². The predicted octanol–water partition coefficient (Wildman–Crippen LogP) is -0.195. The number of aromatic nitrogens is 1. The first-order valence-corrected chi connectivity index (χ1v) is 8.60. The molecule has 3 rings (SSSR count). The zero-order chi connectivity index (χ0) is 14.9. The van der Waals surface area contributed by atoms with Crippen molar-refractivity contribution >= 4 is 15.8 Å². The van der Waals surface area contributed by atoms with E-state index in [-0.39, 0.29) is 17.5 Å². The SMILES string of the molecule is Nc1ccc(S(=O)(=O)NCC2CN3CCCC3CO2)cn1. The molecule has 2 atom stereocenters. The van der Waals surface area contributed by atoms with Crippen LogP contribution in [-0.4, -0.2) is 56.7 Å². The molecule has 0 aromatic carbocycles. The van der Waals surface area contributed by atoms with Crippen LogP contribution in [0.2, 0.25) is 0 Å². The number of nitrogens with two attached hydrogens (primary N) is 1. The molecule has 2 aliphatic heterocycles. The van der Waals surface area contributed by atoms with Crippen LogP contribution < -0.4 is 10.5 Å². The van der Waals surface area contributed by atoms with Crippen molar-refractivity contribution in [2.45, 2.75) is 29.9 Å². The first-order chi connectivity index (χ1) is 10.0. The van der Waals surface area contributed by atoms with Crippen LogP contribution in [-0.2, 0) is 14.8 Å². The highest BCUT2D eigenvalue weighted by atomic mass is 32.2. The average molecular weight is 312 g/mol. The molecule has 2 fully saturated rings. The number of fused-ring (bicyclic) bond motifs is 1. The monoisotopic (exact) mass is 312 g/mol. The Kier molecular flexibility index (Phi) is 4.12. The maximum atomic E-state index is 12.2. The van der Waals surface area contributed by atoms with Crippen molar-refractivity contribution < 1.29 is 13.2 Å². The second kappa shape index (κ2) is 5.88. The normalized spacial score (nSPS) is 26.7. The lowest BCUT2D eigenvalue weighted by Gasteiger charge is -2.35. The smallest absolute Gasteiger partial charge is 0.242 e. The van der Waals surface area contributed by atoms with Crippen LogP contribution in [0.1, 0.15) is 12.8 Å². The molecule has 1 aromatic heterocycles. The summed E-state index contributed by atoms with van der Waals surface area (Å²) in [5.74, 6) is 0.296. The number of nitrogens with zero attached hydrogens (tertiary/aromatic N) is 2. The second-order valence-electron chi connectivity index (χ2n) is 5.52. The fraction of sp³-hybridized carbons (Fsp3) is 0.615. The first-order valence-electron chi connectivity index (χ1n) is 7.11. The Hall–Kier alpha value is -1.22. The second-order valence-corrected chi connectivity index (χ2v) is 7.28. The largest absolute Gasteiger partial charge is 0.384 e. The van der Waals surface area contributed by atoms with Crippen molar-refractivity contribution in [3.05, 3.63) is 18.3 Å². The van der Waals surface area contributed by atoms with Gasteiger partial charge in [0, 0.05) is 25.3 Å². The van der Waals surface area contributed by atoms with Crippen LogP contribution in [0, 0.1) is 0 Å². The number of rotatable bonds is 4. The number of sulfonamides is 1. The van der Waals surface area contributed by atoms with Gasteiger partial charge in [0.25, 0.3) is 0 Å². The molecule has 0 saturated carbocycles. The summed E-state index contributed by atoms with van der Waals surface area (Å²) < 4.78 is 32.6. The Morgan fingerprint density at radius 2 is 2.33 bits per heavy atom. The fourth-order valence-corrected chi connectivity index (χ4v) is 3.86. The van der Waals surface area contributed by atoms with E-state index in [4.69, 9.17) is 10.5 Å². The third kappa shape index (κ3) is 3.34. The zero-order valence-corrected chi connectivity index (χ0v) is 12.6.